The molecule has 1 aromatic heterocycles. The van der Waals surface area contributed by atoms with Gasteiger partial charge in [0.25, 0.3) is 11.5 Å². The minimum absolute atomic E-state index is 0.117. The highest BCUT2D eigenvalue weighted by atomic mass is 16.2. The van der Waals surface area contributed by atoms with Crippen molar-refractivity contribution in [2.24, 2.45) is 7.05 Å². The Morgan fingerprint density at radius 1 is 1.24 bits per heavy atom. The molecule has 0 saturated carbocycles. The first-order chi connectivity index (χ1) is 10.1. The molecule has 2 aromatic rings. The van der Waals surface area contributed by atoms with E-state index in [1.807, 2.05) is 25.1 Å². The summed E-state index contributed by atoms with van der Waals surface area (Å²) in [5.41, 5.74) is 2.19. The van der Waals surface area contributed by atoms with Crippen LogP contribution in [0.1, 0.15) is 29.4 Å². The lowest BCUT2D eigenvalue weighted by molar-refractivity contribution is 0.0968. The summed E-state index contributed by atoms with van der Waals surface area (Å²) >= 11 is 0. The van der Waals surface area contributed by atoms with E-state index in [4.69, 9.17) is 0 Å². The van der Waals surface area contributed by atoms with Gasteiger partial charge in [0.15, 0.2) is 0 Å². The van der Waals surface area contributed by atoms with Crippen molar-refractivity contribution >= 4 is 11.6 Å². The minimum atomic E-state index is -0.223. The quantitative estimate of drug-likeness (QED) is 0.801. The van der Waals surface area contributed by atoms with Gasteiger partial charge in [0.05, 0.1) is 0 Å². The largest absolute Gasteiger partial charge is 0.304 e. The molecule has 108 valence electrons. The monoisotopic (exact) mass is 283 g/mol. The molecule has 1 amide bonds. The summed E-state index contributed by atoms with van der Waals surface area (Å²) < 4.78 is 1.19. The molecule has 1 aliphatic rings. The summed E-state index contributed by atoms with van der Waals surface area (Å²) in [6, 6.07) is 10.9. The van der Waals surface area contributed by atoms with Crippen molar-refractivity contribution in [2.75, 3.05) is 4.90 Å². The molecular weight excluding hydrogens is 266 g/mol. The van der Waals surface area contributed by atoms with Gasteiger partial charge < -0.3 is 4.90 Å². The van der Waals surface area contributed by atoms with Gasteiger partial charge in [0.2, 0.25) is 0 Å². The van der Waals surface area contributed by atoms with Gasteiger partial charge >= 0.3 is 0 Å². The average molecular weight is 283 g/mol. The molecule has 0 spiro atoms. The van der Waals surface area contributed by atoms with E-state index < -0.39 is 0 Å². The smallest absolute Gasteiger partial charge is 0.278 e. The molecule has 0 N–H and O–H groups in total. The molecule has 0 fully saturated rings. The topological polar surface area (TPSA) is 55.2 Å². The predicted molar refractivity (Wildman–Crippen MR) is 80.5 cm³/mol. The summed E-state index contributed by atoms with van der Waals surface area (Å²) in [7, 11) is 1.55. The molecule has 0 saturated heterocycles. The second kappa shape index (κ2) is 5.16. The Labute approximate surface area is 122 Å². The van der Waals surface area contributed by atoms with Crippen molar-refractivity contribution in [3.05, 3.63) is 58.0 Å². The highest BCUT2D eigenvalue weighted by molar-refractivity contribution is 6.05. The van der Waals surface area contributed by atoms with Crippen molar-refractivity contribution in [3.63, 3.8) is 0 Å². The molecule has 1 aromatic carbocycles. The van der Waals surface area contributed by atoms with Crippen LogP contribution in [0, 0.1) is 0 Å². The first-order valence-corrected chi connectivity index (χ1v) is 7.04. The zero-order chi connectivity index (χ0) is 15.0. The van der Waals surface area contributed by atoms with E-state index in [0.717, 1.165) is 18.5 Å². The molecule has 1 unspecified atom stereocenters. The number of para-hydroxylation sites is 1. The van der Waals surface area contributed by atoms with E-state index in [2.05, 4.69) is 11.2 Å². The van der Waals surface area contributed by atoms with Crippen LogP contribution in [0.4, 0.5) is 5.69 Å². The number of anilines is 1. The van der Waals surface area contributed by atoms with Crippen LogP contribution in [0.15, 0.2) is 41.2 Å². The number of benzene rings is 1. The normalized spacial score (nSPS) is 17.4. The second-order valence-electron chi connectivity index (χ2n) is 5.37. The van der Waals surface area contributed by atoms with E-state index in [0.29, 0.717) is 5.69 Å². The summed E-state index contributed by atoms with van der Waals surface area (Å²) in [5, 5.41) is 4.07. The highest BCUT2D eigenvalue weighted by Crippen LogP contribution is 2.31. The number of carbonyl (C=O) groups excluding carboxylic acids is 1. The van der Waals surface area contributed by atoms with Crippen LogP contribution >= 0.6 is 0 Å². The maximum Gasteiger partial charge on any atom is 0.278 e. The molecule has 0 aliphatic carbocycles. The summed E-state index contributed by atoms with van der Waals surface area (Å²) in [5.74, 6) is -0.162. The Hall–Kier alpha value is -2.43. The predicted octanol–water partition coefficient (Wildman–Crippen LogP) is 1.76. The van der Waals surface area contributed by atoms with Crippen LogP contribution in [0.2, 0.25) is 0 Å². The Kier molecular flexibility index (Phi) is 3.33. The van der Waals surface area contributed by atoms with Crippen molar-refractivity contribution < 1.29 is 4.79 Å². The van der Waals surface area contributed by atoms with Gasteiger partial charge in [-0.3, -0.25) is 9.59 Å². The van der Waals surface area contributed by atoms with Gasteiger partial charge in [-0.15, -0.1) is 0 Å². The summed E-state index contributed by atoms with van der Waals surface area (Å²) in [6.07, 6.45) is 1.90. The molecule has 1 aliphatic heterocycles. The first-order valence-electron chi connectivity index (χ1n) is 7.04. The van der Waals surface area contributed by atoms with E-state index in [-0.39, 0.29) is 17.5 Å². The zero-order valence-electron chi connectivity index (χ0n) is 12.1. The SMILES string of the molecule is CC1CCc2ccccc2N1C(=O)c1ccc(=O)n(C)n1. The number of aromatic nitrogens is 2. The van der Waals surface area contributed by atoms with Crippen LogP contribution < -0.4 is 10.5 Å². The van der Waals surface area contributed by atoms with Crippen LogP contribution in [0.5, 0.6) is 0 Å². The number of nitrogens with zero attached hydrogens (tertiary/aromatic N) is 3. The average Bonchev–Trinajstić information content (AvgIpc) is 2.49. The maximum absolute atomic E-state index is 12.8. The van der Waals surface area contributed by atoms with Crippen molar-refractivity contribution in [2.45, 2.75) is 25.8 Å². The van der Waals surface area contributed by atoms with Gasteiger partial charge in [-0.25, -0.2) is 4.68 Å². The Balaban J connectivity index is 2.04. The number of hydrogen-bond donors (Lipinski definition) is 0. The molecular formula is C16H17N3O2. The molecule has 0 radical (unpaired) electrons. The number of aryl methyl sites for hydroxylation is 2. The number of hydrogen-bond acceptors (Lipinski definition) is 3. The van der Waals surface area contributed by atoms with Crippen LogP contribution in [-0.2, 0) is 13.5 Å². The van der Waals surface area contributed by atoms with Crippen molar-refractivity contribution in [1.82, 2.24) is 9.78 Å². The fourth-order valence-electron chi connectivity index (χ4n) is 2.74. The molecule has 0 bridgehead atoms. The van der Waals surface area contributed by atoms with Crippen LogP contribution in [0.3, 0.4) is 0 Å². The molecule has 1 atom stereocenters. The summed E-state index contributed by atoms with van der Waals surface area (Å²) in [6.45, 7) is 2.04. The van der Waals surface area contributed by atoms with E-state index in [9.17, 15) is 9.59 Å². The fourth-order valence-corrected chi connectivity index (χ4v) is 2.74. The maximum atomic E-state index is 12.8. The van der Waals surface area contributed by atoms with E-state index >= 15 is 0 Å². The van der Waals surface area contributed by atoms with E-state index in [1.54, 1.807) is 11.9 Å². The minimum Gasteiger partial charge on any atom is -0.304 e. The van der Waals surface area contributed by atoms with Crippen LogP contribution in [0.25, 0.3) is 0 Å². The first kappa shape index (κ1) is 13.5. The third-order valence-corrected chi connectivity index (χ3v) is 3.92. The van der Waals surface area contributed by atoms with Crippen LogP contribution in [-0.4, -0.2) is 21.7 Å². The lowest BCUT2D eigenvalue weighted by Crippen LogP contribution is -2.43. The molecule has 5 heteroatoms. The van der Waals surface area contributed by atoms with Gasteiger partial charge in [-0.05, 0) is 37.5 Å². The number of amides is 1. The van der Waals surface area contributed by atoms with Gasteiger partial charge in [0.1, 0.15) is 5.69 Å². The third-order valence-electron chi connectivity index (χ3n) is 3.92. The standard InChI is InChI=1S/C16H17N3O2/c1-11-7-8-12-5-3-4-6-14(12)19(11)16(21)13-9-10-15(20)18(2)17-13/h3-6,9-11H,7-8H2,1-2H3. The molecule has 5 nitrogen and oxygen atoms in total. The fraction of sp³-hybridized carbons (Fsp3) is 0.312. The summed E-state index contributed by atoms with van der Waals surface area (Å²) in [4.78, 5) is 26.0. The third kappa shape index (κ3) is 2.35. The zero-order valence-corrected chi connectivity index (χ0v) is 12.1. The lowest BCUT2D eigenvalue weighted by atomic mass is 9.96. The van der Waals surface area contributed by atoms with Crippen molar-refractivity contribution in [3.8, 4) is 0 Å². The van der Waals surface area contributed by atoms with Gasteiger partial charge in [-0.2, -0.15) is 5.10 Å². The Morgan fingerprint density at radius 2 is 2.00 bits per heavy atom. The van der Waals surface area contributed by atoms with Crippen molar-refractivity contribution in [1.29, 1.82) is 0 Å². The number of fused-ring (bicyclic) bond motifs is 1. The van der Waals surface area contributed by atoms with Gasteiger partial charge in [0, 0.05) is 24.8 Å². The number of rotatable bonds is 1. The molecule has 21 heavy (non-hydrogen) atoms. The molecule has 3 rings (SSSR count). The lowest BCUT2D eigenvalue weighted by Gasteiger charge is -2.35. The second-order valence-corrected chi connectivity index (χ2v) is 5.37. The Bertz CT molecular complexity index is 751. The van der Waals surface area contributed by atoms with E-state index in [1.165, 1.54) is 22.4 Å². The molecule has 2 heterocycles. The van der Waals surface area contributed by atoms with Gasteiger partial charge in [-0.1, -0.05) is 18.2 Å². The Morgan fingerprint density at radius 3 is 2.76 bits per heavy atom. The number of carbonyl (C=O) groups is 1. The highest BCUT2D eigenvalue weighted by Gasteiger charge is 2.29.